The van der Waals surface area contributed by atoms with E-state index in [4.69, 9.17) is 9.47 Å². The molecule has 1 amide bonds. The summed E-state index contributed by atoms with van der Waals surface area (Å²) in [4.78, 5) is 30.0. The molecule has 0 aliphatic carbocycles. The fraction of sp³-hybridized carbons (Fsp3) is 0.226. The number of aliphatic hydroxyl groups excluding tert-OH is 1. The maximum atomic E-state index is 13.3. The summed E-state index contributed by atoms with van der Waals surface area (Å²) in [6, 6.07) is 21.0. The van der Waals surface area contributed by atoms with Crippen molar-refractivity contribution in [2.45, 2.75) is 13.0 Å². The van der Waals surface area contributed by atoms with Crippen LogP contribution < -0.4 is 9.47 Å². The first kappa shape index (κ1) is 26.7. The fourth-order valence-corrected chi connectivity index (χ4v) is 4.40. The molecule has 1 atom stereocenters. The van der Waals surface area contributed by atoms with Gasteiger partial charge in [0, 0.05) is 18.7 Å². The molecule has 0 aromatic heterocycles. The highest BCUT2D eigenvalue weighted by Gasteiger charge is 2.46. The average molecular weight is 513 g/mol. The number of ether oxygens (including phenoxy) is 2. The molecule has 0 bridgehead atoms. The zero-order valence-electron chi connectivity index (χ0n) is 21.9. The third-order valence-corrected chi connectivity index (χ3v) is 6.29. The van der Waals surface area contributed by atoms with E-state index in [-0.39, 0.29) is 11.3 Å². The lowest BCUT2D eigenvalue weighted by Gasteiger charge is -2.27. The van der Waals surface area contributed by atoms with E-state index < -0.39 is 17.7 Å². The summed E-state index contributed by atoms with van der Waals surface area (Å²) in [6.45, 7) is 6.74. The molecule has 4 rings (SSSR count). The van der Waals surface area contributed by atoms with Gasteiger partial charge >= 0.3 is 0 Å². The monoisotopic (exact) mass is 512 g/mol. The highest BCUT2D eigenvalue weighted by molar-refractivity contribution is 6.46. The van der Waals surface area contributed by atoms with Crippen LogP contribution in [-0.2, 0) is 9.59 Å². The van der Waals surface area contributed by atoms with Crippen LogP contribution in [0, 0.1) is 6.92 Å². The van der Waals surface area contributed by atoms with Crippen LogP contribution in [0.3, 0.4) is 0 Å². The molecular formula is C31H32N2O5. The number of aryl methyl sites for hydroxylation is 1. The van der Waals surface area contributed by atoms with Crippen molar-refractivity contribution in [3.63, 3.8) is 0 Å². The molecule has 0 saturated carbocycles. The molecule has 0 radical (unpaired) electrons. The minimum atomic E-state index is -0.772. The van der Waals surface area contributed by atoms with E-state index in [2.05, 4.69) is 6.58 Å². The normalized spacial score (nSPS) is 16.6. The highest BCUT2D eigenvalue weighted by Crippen LogP contribution is 2.41. The second-order valence-corrected chi connectivity index (χ2v) is 9.36. The summed E-state index contributed by atoms with van der Waals surface area (Å²) < 4.78 is 11.7. The number of nitrogens with zero attached hydrogens (tertiary/aromatic N) is 2. The Bertz CT molecular complexity index is 1360. The number of carbonyl (C=O) groups is 2. The van der Waals surface area contributed by atoms with Gasteiger partial charge in [0.05, 0.1) is 11.6 Å². The van der Waals surface area contributed by atoms with Crippen LogP contribution in [-0.4, -0.2) is 60.4 Å². The molecule has 3 aromatic rings. The largest absolute Gasteiger partial charge is 0.507 e. The topological polar surface area (TPSA) is 79.3 Å². The van der Waals surface area contributed by atoms with Gasteiger partial charge in [-0.3, -0.25) is 9.59 Å². The van der Waals surface area contributed by atoms with Crippen LogP contribution in [0.15, 0.2) is 91.0 Å². The van der Waals surface area contributed by atoms with Gasteiger partial charge in [0.1, 0.15) is 29.6 Å². The molecule has 1 aliphatic heterocycles. The molecule has 0 unspecified atom stereocenters. The van der Waals surface area contributed by atoms with Crippen LogP contribution in [0.25, 0.3) is 5.76 Å². The number of Topliss-reactive ketones (excluding diaryl/α,β-unsaturated/α-hetero) is 1. The Morgan fingerprint density at radius 1 is 1.03 bits per heavy atom. The van der Waals surface area contributed by atoms with Crippen molar-refractivity contribution < 1.29 is 24.2 Å². The lowest BCUT2D eigenvalue weighted by atomic mass is 9.94. The Hall–Kier alpha value is -4.36. The number of aliphatic hydroxyl groups is 1. The minimum Gasteiger partial charge on any atom is -0.507 e. The number of rotatable bonds is 10. The van der Waals surface area contributed by atoms with Gasteiger partial charge in [-0.2, -0.15) is 0 Å². The molecule has 7 heteroatoms. The van der Waals surface area contributed by atoms with Crippen molar-refractivity contribution >= 4 is 17.4 Å². The summed E-state index contributed by atoms with van der Waals surface area (Å²) in [6.07, 6.45) is 1.65. The van der Waals surface area contributed by atoms with Crippen molar-refractivity contribution in [1.82, 2.24) is 9.80 Å². The molecule has 1 fully saturated rings. The van der Waals surface area contributed by atoms with Crippen LogP contribution in [0.4, 0.5) is 0 Å². The zero-order valence-corrected chi connectivity index (χ0v) is 21.9. The first-order valence-electron chi connectivity index (χ1n) is 12.4. The Balaban J connectivity index is 1.78. The van der Waals surface area contributed by atoms with E-state index in [0.717, 1.165) is 5.56 Å². The van der Waals surface area contributed by atoms with Crippen LogP contribution in [0.5, 0.6) is 17.2 Å². The summed E-state index contributed by atoms with van der Waals surface area (Å²) in [5.41, 5.74) is 1.93. The van der Waals surface area contributed by atoms with Crippen LogP contribution in [0.2, 0.25) is 0 Å². The number of benzene rings is 3. The summed E-state index contributed by atoms with van der Waals surface area (Å²) in [7, 11) is 3.80. The smallest absolute Gasteiger partial charge is 0.295 e. The number of ketones is 1. The van der Waals surface area contributed by atoms with Gasteiger partial charge < -0.3 is 24.4 Å². The van der Waals surface area contributed by atoms with E-state index in [9.17, 15) is 14.7 Å². The maximum absolute atomic E-state index is 13.3. The number of para-hydroxylation sites is 1. The average Bonchev–Trinajstić information content (AvgIpc) is 3.16. The number of likely N-dealkylation sites (N-methyl/N-ethyl adjacent to an activating group) is 1. The van der Waals surface area contributed by atoms with Crippen molar-refractivity contribution in [3.05, 3.63) is 108 Å². The van der Waals surface area contributed by atoms with Gasteiger partial charge in [-0.05, 0) is 74.6 Å². The molecular weight excluding hydrogens is 480 g/mol. The zero-order chi connectivity index (χ0) is 27.2. The van der Waals surface area contributed by atoms with E-state index in [1.807, 2.05) is 74.4 Å². The van der Waals surface area contributed by atoms with E-state index in [1.165, 1.54) is 4.90 Å². The fourth-order valence-electron chi connectivity index (χ4n) is 4.40. The first-order valence-corrected chi connectivity index (χ1v) is 12.4. The summed E-state index contributed by atoms with van der Waals surface area (Å²) in [5.74, 6) is 0.288. The van der Waals surface area contributed by atoms with Crippen LogP contribution in [0.1, 0.15) is 22.7 Å². The third-order valence-electron chi connectivity index (χ3n) is 6.29. The Kier molecular flexibility index (Phi) is 8.28. The number of hydrogen-bond donors (Lipinski definition) is 1. The van der Waals surface area contributed by atoms with E-state index >= 15 is 0 Å². The molecule has 38 heavy (non-hydrogen) atoms. The summed E-state index contributed by atoms with van der Waals surface area (Å²) in [5, 5.41) is 11.4. The molecule has 196 valence electrons. The standard InChI is InChI=1S/C31H32N2O5/c1-5-18-37-26-15-14-23(19-21(26)2)29(34)27-28(33(17-16-32(3)4)31(36)30(27)35)22-10-9-13-25(20-22)38-24-11-7-6-8-12-24/h5-15,19-20,28,34H,1,16-18H2,2-4H3/t28-/m1/s1. The third kappa shape index (κ3) is 5.79. The molecule has 0 spiro atoms. The SMILES string of the molecule is C=CCOc1ccc(C(O)=C2C(=O)C(=O)N(CCN(C)C)[C@@H]2c2cccc(Oc3ccccc3)c2)cc1C. The van der Waals surface area contributed by atoms with Gasteiger partial charge in [0.2, 0.25) is 0 Å². The van der Waals surface area contributed by atoms with Crippen molar-refractivity contribution in [2.75, 3.05) is 33.8 Å². The molecule has 1 heterocycles. The van der Waals surface area contributed by atoms with Gasteiger partial charge in [-0.25, -0.2) is 0 Å². The molecule has 7 nitrogen and oxygen atoms in total. The van der Waals surface area contributed by atoms with E-state index in [0.29, 0.717) is 48.1 Å². The Labute approximate surface area is 223 Å². The quantitative estimate of drug-likeness (QED) is 0.171. The molecule has 1 N–H and O–H groups in total. The van der Waals surface area contributed by atoms with E-state index in [1.54, 1.807) is 30.3 Å². The number of hydrogen-bond acceptors (Lipinski definition) is 6. The number of amides is 1. The summed E-state index contributed by atoms with van der Waals surface area (Å²) >= 11 is 0. The van der Waals surface area contributed by atoms with Crippen molar-refractivity contribution in [1.29, 1.82) is 0 Å². The lowest BCUT2D eigenvalue weighted by Crippen LogP contribution is -2.35. The molecule has 1 aliphatic rings. The van der Waals surface area contributed by atoms with Crippen molar-refractivity contribution in [3.8, 4) is 17.2 Å². The lowest BCUT2D eigenvalue weighted by molar-refractivity contribution is -0.140. The second-order valence-electron chi connectivity index (χ2n) is 9.36. The molecule has 3 aromatic carbocycles. The predicted molar refractivity (Wildman–Crippen MR) is 147 cm³/mol. The van der Waals surface area contributed by atoms with Gasteiger partial charge in [0.15, 0.2) is 0 Å². The maximum Gasteiger partial charge on any atom is 0.295 e. The Morgan fingerprint density at radius 3 is 2.45 bits per heavy atom. The Morgan fingerprint density at radius 2 is 1.76 bits per heavy atom. The predicted octanol–water partition coefficient (Wildman–Crippen LogP) is 5.34. The second kappa shape index (κ2) is 11.8. The highest BCUT2D eigenvalue weighted by atomic mass is 16.5. The van der Waals surface area contributed by atoms with Gasteiger partial charge in [-0.1, -0.05) is 43.0 Å². The minimum absolute atomic E-state index is 0.0461. The molecule has 1 saturated heterocycles. The van der Waals surface area contributed by atoms with Crippen LogP contribution >= 0.6 is 0 Å². The van der Waals surface area contributed by atoms with Crippen molar-refractivity contribution in [2.24, 2.45) is 0 Å². The number of likely N-dealkylation sites (tertiary alicyclic amines) is 1. The van der Waals surface area contributed by atoms with Gasteiger partial charge in [0.25, 0.3) is 11.7 Å². The number of carbonyl (C=O) groups excluding carboxylic acids is 2. The first-order chi connectivity index (χ1) is 18.3. The van der Waals surface area contributed by atoms with Gasteiger partial charge in [-0.15, -0.1) is 0 Å².